The van der Waals surface area contributed by atoms with Crippen molar-refractivity contribution in [3.63, 3.8) is 0 Å². The molecule has 0 fully saturated rings. The smallest absolute Gasteiger partial charge is 0.258 e. The molecule has 0 aliphatic heterocycles. The third-order valence-corrected chi connectivity index (χ3v) is 3.97. The van der Waals surface area contributed by atoms with Crippen LogP contribution in [0.2, 0.25) is 5.02 Å². The van der Waals surface area contributed by atoms with Gasteiger partial charge in [0.2, 0.25) is 5.82 Å². The summed E-state index contributed by atoms with van der Waals surface area (Å²) in [6.07, 6.45) is 0. The first-order chi connectivity index (χ1) is 12.2. The monoisotopic (exact) mass is 354 g/mol. The highest BCUT2D eigenvalue weighted by Gasteiger charge is 2.13. The Morgan fingerprint density at radius 1 is 1.04 bits per heavy atom. The summed E-state index contributed by atoms with van der Waals surface area (Å²) in [4.78, 5) is 4.34. The number of nitrogens with zero attached hydrogens (tertiary/aromatic N) is 2. The largest absolute Gasteiger partial charge is 0.482 e. The van der Waals surface area contributed by atoms with Crippen LogP contribution in [0.3, 0.4) is 0 Å². The van der Waals surface area contributed by atoms with Crippen LogP contribution in [0, 0.1) is 5.82 Å². The molecule has 0 unspecified atom stereocenters. The lowest BCUT2D eigenvalue weighted by Crippen LogP contribution is -1.99. The van der Waals surface area contributed by atoms with E-state index in [1.165, 1.54) is 12.1 Å². The Labute approximate surface area is 147 Å². The molecule has 0 amide bonds. The summed E-state index contributed by atoms with van der Waals surface area (Å²) in [5, 5.41) is 6.31. The number of hydrogen-bond donors (Lipinski definition) is 0. The van der Waals surface area contributed by atoms with Crippen molar-refractivity contribution in [3.8, 4) is 17.2 Å². The molecule has 124 valence electrons. The van der Waals surface area contributed by atoms with Crippen LogP contribution in [0.5, 0.6) is 5.75 Å². The van der Waals surface area contributed by atoms with Crippen molar-refractivity contribution in [2.45, 2.75) is 6.61 Å². The molecule has 0 saturated carbocycles. The van der Waals surface area contributed by atoms with E-state index in [2.05, 4.69) is 10.1 Å². The fourth-order valence-corrected chi connectivity index (χ4v) is 2.73. The van der Waals surface area contributed by atoms with Crippen molar-refractivity contribution in [2.24, 2.45) is 0 Å². The van der Waals surface area contributed by atoms with Crippen LogP contribution in [0.1, 0.15) is 5.82 Å². The summed E-state index contributed by atoms with van der Waals surface area (Å²) in [5.74, 6) is 0.274. The van der Waals surface area contributed by atoms with Crippen molar-refractivity contribution in [1.29, 1.82) is 0 Å². The zero-order valence-corrected chi connectivity index (χ0v) is 13.7. The third-order valence-electron chi connectivity index (χ3n) is 3.74. The quantitative estimate of drug-likeness (QED) is 0.501. The molecule has 0 saturated heterocycles. The van der Waals surface area contributed by atoms with Crippen LogP contribution >= 0.6 is 11.6 Å². The number of rotatable bonds is 4. The van der Waals surface area contributed by atoms with Gasteiger partial charge >= 0.3 is 0 Å². The second-order valence-corrected chi connectivity index (χ2v) is 5.84. The molecule has 3 aromatic carbocycles. The van der Waals surface area contributed by atoms with Crippen LogP contribution in [-0.4, -0.2) is 10.1 Å². The fraction of sp³-hybridized carbons (Fsp3) is 0.0526. The van der Waals surface area contributed by atoms with Crippen molar-refractivity contribution in [1.82, 2.24) is 10.1 Å². The molecule has 0 bridgehead atoms. The molecule has 6 heteroatoms. The number of benzene rings is 3. The van der Waals surface area contributed by atoms with Gasteiger partial charge in [-0.25, -0.2) is 4.39 Å². The fourth-order valence-electron chi connectivity index (χ4n) is 2.57. The van der Waals surface area contributed by atoms with E-state index in [1.807, 2.05) is 42.5 Å². The number of ether oxygens (including phenoxy) is 1. The topological polar surface area (TPSA) is 48.2 Å². The van der Waals surface area contributed by atoms with E-state index in [1.54, 1.807) is 6.07 Å². The van der Waals surface area contributed by atoms with E-state index in [4.69, 9.17) is 20.9 Å². The van der Waals surface area contributed by atoms with Crippen LogP contribution in [0.4, 0.5) is 4.39 Å². The van der Waals surface area contributed by atoms with E-state index >= 15 is 0 Å². The summed E-state index contributed by atoms with van der Waals surface area (Å²) >= 11 is 5.72. The van der Waals surface area contributed by atoms with Gasteiger partial charge in [0, 0.05) is 10.6 Å². The molecule has 4 nitrogen and oxygen atoms in total. The summed E-state index contributed by atoms with van der Waals surface area (Å²) in [6.45, 7) is -0.00712. The number of aromatic nitrogens is 2. The molecular weight excluding hydrogens is 343 g/mol. The predicted octanol–water partition coefficient (Wildman–Crippen LogP) is 5.26. The molecule has 1 heterocycles. The number of halogens is 2. The maximum atomic E-state index is 13.7. The normalized spacial score (nSPS) is 11.0. The van der Waals surface area contributed by atoms with Gasteiger partial charge in [0.1, 0.15) is 0 Å². The number of fused-ring (bicyclic) bond motifs is 1. The van der Waals surface area contributed by atoms with Gasteiger partial charge in [-0.2, -0.15) is 4.98 Å². The minimum atomic E-state index is -0.537. The minimum Gasteiger partial charge on any atom is -0.482 e. The van der Waals surface area contributed by atoms with Crippen LogP contribution in [0.25, 0.3) is 22.2 Å². The Kier molecular flexibility index (Phi) is 4.07. The summed E-state index contributed by atoms with van der Waals surface area (Å²) in [5.41, 5.74) is 0.842. The standard InChI is InChI=1S/C19H12ClFN2O2/c20-13-8-9-17(16(21)10-13)24-11-18-22-19(25-23-18)15-7-3-5-12-4-1-2-6-14(12)15/h1-10H,11H2. The predicted molar refractivity (Wildman–Crippen MR) is 93.0 cm³/mol. The zero-order valence-electron chi connectivity index (χ0n) is 12.9. The highest BCUT2D eigenvalue weighted by molar-refractivity contribution is 6.30. The van der Waals surface area contributed by atoms with Crippen LogP contribution in [0.15, 0.2) is 65.2 Å². The van der Waals surface area contributed by atoms with E-state index < -0.39 is 5.82 Å². The van der Waals surface area contributed by atoms with Gasteiger partial charge in [0.15, 0.2) is 18.2 Å². The lowest BCUT2D eigenvalue weighted by Gasteiger charge is -2.04. The highest BCUT2D eigenvalue weighted by atomic mass is 35.5. The second-order valence-electron chi connectivity index (χ2n) is 5.41. The van der Waals surface area contributed by atoms with Gasteiger partial charge in [-0.15, -0.1) is 0 Å². The van der Waals surface area contributed by atoms with Gasteiger partial charge in [0.25, 0.3) is 5.89 Å². The Balaban J connectivity index is 1.58. The van der Waals surface area contributed by atoms with Crippen molar-refractivity contribution in [2.75, 3.05) is 0 Å². The van der Waals surface area contributed by atoms with E-state index in [-0.39, 0.29) is 12.4 Å². The van der Waals surface area contributed by atoms with Gasteiger partial charge < -0.3 is 9.26 Å². The molecule has 1 aromatic heterocycles. The SMILES string of the molecule is Fc1cc(Cl)ccc1OCc1noc(-c2cccc3ccccc23)n1. The summed E-state index contributed by atoms with van der Waals surface area (Å²) in [7, 11) is 0. The average molecular weight is 355 g/mol. The molecule has 4 rings (SSSR count). The average Bonchev–Trinajstić information content (AvgIpc) is 3.09. The maximum absolute atomic E-state index is 13.7. The van der Waals surface area contributed by atoms with Gasteiger partial charge in [-0.3, -0.25) is 0 Å². The first-order valence-electron chi connectivity index (χ1n) is 7.59. The van der Waals surface area contributed by atoms with Crippen molar-refractivity contribution >= 4 is 22.4 Å². The maximum Gasteiger partial charge on any atom is 0.258 e. The van der Waals surface area contributed by atoms with E-state index in [9.17, 15) is 4.39 Å². The highest BCUT2D eigenvalue weighted by Crippen LogP contribution is 2.27. The summed E-state index contributed by atoms with van der Waals surface area (Å²) < 4.78 is 24.5. The Bertz CT molecular complexity index is 1040. The molecule has 4 aromatic rings. The van der Waals surface area contributed by atoms with Gasteiger partial charge in [0.05, 0.1) is 0 Å². The van der Waals surface area contributed by atoms with Crippen molar-refractivity contribution < 1.29 is 13.7 Å². The lowest BCUT2D eigenvalue weighted by atomic mass is 10.0. The van der Waals surface area contributed by atoms with Crippen molar-refractivity contribution in [3.05, 3.63) is 77.3 Å². The van der Waals surface area contributed by atoms with Gasteiger partial charge in [-0.05, 0) is 35.0 Å². The van der Waals surface area contributed by atoms with E-state index in [0.29, 0.717) is 16.7 Å². The molecule has 0 aliphatic rings. The molecular formula is C19H12ClFN2O2. The molecule has 0 spiro atoms. The number of hydrogen-bond acceptors (Lipinski definition) is 4. The van der Waals surface area contributed by atoms with Crippen LogP contribution in [-0.2, 0) is 6.61 Å². The van der Waals surface area contributed by atoms with Gasteiger partial charge in [-0.1, -0.05) is 53.2 Å². The Morgan fingerprint density at radius 2 is 1.88 bits per heavy atom. The molecule has 0 atom stereocenters. The molecule has 0 aliphatic carbocycles. The second kappa shape index (κ2) is 6.53. The zero-order chi connectivity index (χ0) is 17.2. The Hall–Kier alpha value is -2.92. The first-order valence-corrected chi connectivity index (χ1v) is 7.97. The van der Waals surface area contributed by atoms with Crippen LogP contribution < -0.4 is 4.74 Å². The lowest BCUT2D eigenvalue weighted by molar-refractivity contribution is 0.274. The first kappa shape index (κ1) is 15.6. The van der Waals surface area contributed by atoms with E-state index in [0.717, 1.165) is 16.3 Å². The summed E-state index contributed by atoms with van der Waals surface area (Å²) in [6, 6.07) is 18.0. The Morgan fingerprint density at radius 3 is 2.76 bits per heavy atom. The third kappa shape index (κ3) is 3.19. The minimum absolute atomic E-state index is 0.00712. The molecule has 0 N–H and O–H groups in total. The molecule has 25 heavy (non-hydrogen) atoms. The molecule has 0 radical (unpaired) electrons.